The third-order valence-corrected chi connectivity index (χ3v) is 0. The van der Waals surface area contributed by atoms with Gasteiger partial charge in [-0.05, 0) is 0 Å². The Bertz CT molecular complexity index is 395. The Kier molecular flexibility index (Phi) is 136. The van der Waals surface area contributed by atoms with Gasteiger partial charge >= 0.3 is 194 Å². The smallest absolute Gasteiger partial charge is 0.822 e. The molecular formula is H10Na5O22PSi6. The Morgan fingerprint density at radius 2 is 0.412 bits per heavy atom. The van der Waals surface area contributed by atoms with Gasteiger partial charge in [-0.2, -0.15) is 7.82 Å². The van der Waals surface area contributed by atoms with Crippen molar-refractivity contribution in [2.24, 2.45) is 0 Å². The Morgan fingerprint density at radius 1 is 0.412 bits per heavy atom. The summed E-state index contributed by atoms with van der Waals surface area (Å²) in [6.45, 7) is 0. The van der Waals surface area contributed by atoms with Crippen LogP contribution >= 0.6 is 7.82 Å². The number of hydrogen-bond donors (Lipinski definition) is 10. The van der Waals surface area contributed by atoms with E-state index >= 15 is 0 Å². The topological polar surface area (TPSA) is 437 Å². The molecule has 0 aromatic carbocycles. The summed E-state index contributed by atoms with van der Waals surface area (Å²) < 4.78 is 60.8. The molecule has 34 heavy (non-hydrogen) atoms. The van der Waals surface area contributed by atoms with Gasteiger partial charge < -0.3 is 81.3 Å². The van der Waals surface area contributed by atoms with Crippen molar-refractivity contribution in [1.82, 2.24) is 0 Å². The van der Waals surface area contributed by atoms with E-state index < -0.39 is 62.8 Å². The van der Waals surface area contributed by atoms with Crippen molar-refractivity contribution < 1.29 is 251 Å². The van der Waals surface area contributed by atoms with Crippen molar-refractivity contribution in [3.8, 4) is 0 Å². The molecule has 0 aliphatic rings. The molecule has 176 valence electrons. The maximum absolute atomic E-state index is 8.74. The Hall–Kier alpha value is 2.81. The van der Waals surface area contributed by atoms with E-state index in [0.717, 1.165) is 0 Å². The first-order chi connectivity index (χ1) is 12.4. The van der Waals surface area contributed by atoms with Crippen LogP contribution in [-0.2, 0) is 31.3 Å². The van der Waals surface area contributed by atoms with E-state index in [9.17, 15) is 0 Å². The molecule has 0 radical (unpaired) electrons. The predicted molar refractivity (Wildman–Crippen MR) is 68.4 cm³/mol. The number of rotatable bonds is 0. The second-order valence-electron chi connectivity index (χ2n) is 2.11. The average molecular weight is 676 g/mol. The van der Waals surface area contributed by atoms with Crippen LogP contribution in [0.15, 0.2) is 0 Å². The first-order valence-corrected chi connectivity index (χ1v) is 13.8. The molecule has 0 atom stereocenters. The molecule has 0 aromatic heterocycles. The SMILES string of the molecule is O=P([O-])([O-])[O-].O=[Si](O)O.O=[Si](O)O.O=[Si](O)O.O=[Si](O)O.O=[Si](O)O.O=[Si]([O-])[O-].[Na+].[Na+].[Na+].[Na+].[Na+]. The molecule has 0 bridgehead atoms. The van der Waals surface area contributed by atoms with Crippen molar-refractivity contribution in [1.29, 1.82) is 0 Å². The molecule has 0 amide bonds. The van der Waals surface area contributed by atoms with Crippen LogP contribution in [-0.4, -0.2) is 103 Å². The summed E-state index contributed by atoms with van der Waals surface area (Å²) >= 11 is 0. The molecule has 0 saturated carbocycles. The summed E-state index contributed by atoms with van der Waals surface area (Å²) in [4.78, 5) is 114. The fraction of sp³-hybridized carbons (Fsp3) is 0. The molecule has 0 saturated heterocycles. The molecule has 0 rings (SSSR count). The van der Waals surface area contributed by atoms with Crippen LogP contribution in [0.25, 0.3) is 0 Å². The van der Waals surface area contributed by atoms with E-state index in [-0.39, 0.29) is 148 Å². The Balaban J connectivity index is -0.0000000162. The zero-order chi connectivity index (χ0) is 26.0. The van der Waals surface area contributed by atoms with E-state index in [4.69, 9.17) is 104 Å². The van der Waals surface area contributed by atoms with E-state index in [1.165, 1.54) is 0 Å². The summed E-state index contributed by atoms with van der Waals surface area (Å²) in [7, 11) is -24.7. The van der Waals surface area contributed by atoms with Crippen molar-refractivity contribution >= 4 is 62.8 Å². The average Bonchev–Trinajstić information content (AvgIpc) is 2.18. The molecular weight excluding hydrogens is 666 g/mol. The van der Waals surface area contributed by atoms with Crippen LogP contribution in [0.1, 0.15) is 0 Å². The van der Waals surface area contributed by atoms with Crippen molar-refractivity contribution in [3.63, 3.8) is 0 Å². The molecule has 34 heteroatoms. The van der Waals surface area contributed by atoms with Crippen LogP contribution in [0.3, 0.4) is 0 Å². The molecule has 0 fully saturated rings. The van der Waals surface area contributed by atoms with E-state index in [1.54, 1.807) is 0 Å². The standard InChI is InChI=1S/5Na.H3O4P.5H2O3Si.O3Si/c;;;;;1-5(2,3)4;6*1-4(2)3/h;;;;;(H3,1,2,3,4);5*1-2H;/q5*+1;;;;;;;-2/p-3. The fourth-order valence-electron chi connectivity index (χ4n) is 0. The van der Waals surface area contributed by atoms with Gasteiger partial charge in [0.25, 0.3) is 0 Å². The van der Waals surface area contributed by atoms with Crippen LogP contribution in [0.5, 0.6) is 0 Å². The van der Waals surface area contributed by atoms with Crippen molar-refractivity contribution in [2.75, 3.05) is 0 Å². The van der Waals surface area contributed by atoms with Crippen LogP contribution in [0.2, 0.25) is 0 Å². The van der Waals surface area contributed by atoms with Crippen molar-refractivity contribution in [3.05, 3.63) is 0 Å². The quantitative estimate of drug-likeness (QED) is 0.0840. The van der Waals surface area contributed by atoms with Crippen molar-refractivity contribution in [2.45, 2.75) is 0 Å². The summed E-state index contributed by atoms with van der Waals surface area (Å²) in [6.07, 6.45) is 0. The first kappa shape index (κ1) is 76.7. The molecule has 22 nitrogen and oxygen atoms in total. The van der Waals surface area contributed by atoms with Gasteiger partial charge in [0.2, 0.25) is 0 Å². The minimum atomic E-state index is -5.39. The zero-order valence-corrected chi connectivity index (χ0v) is 34.7. The van der Waals surface area contributed by atoms with Gasteiger partial charge in [-0.3, -0.25) is 22.3 Å². The number of phosphoric acid groups is 1. The molecule has 0 aliphatic heterocycles. The minimum Gasteiger partial charge on any atom is -0.822 e. The normalized spacial score (nSPS) is 5.97. The maximum Gasteiger partial charge on any atom is 1.00 e. The first-order valence-electron chi connectivity index (χ1n) is 4.60. The monoisotopic (exact) mass is 676 g/mol. The van der Waals surface area contributed by atoms with Gasteiger partial charge in [0, 0.05) is 9.17 Å². The second-order valence-corrected chi connectivity index (χ2v) is 6.33. The Morgan fingerprint density at radius 3 is 0.412 bits per heavy atom. The molecule has 0 spiro atoms. The predicted octanol–water partition coefficient (Wildman–Crippen LogP) is -28.8. The fourth-order valence-corrected chi connectivity index (χ4v) is 0. The minimum absolute atomic E-state index is 0. The Labute approximate surface area is 309 Å². The molecule has 0 aliphatic carbocycles. The van der Waals surface area contributed by atoms with Gasteiger partial charge in [-0.15, -0.1) is 0 Å². The van der Waals surface area contributed by atoms with Gasteiger partial charge in [-0.1, -0.05) is 0 Å². The van der Waals surface area contributed by atoms with Gasteiger partial charge in [-0.25, -0.2) is 0 Å². The maximum atomic E-state index is 8.74. The molecule has 10 N–H and O–H groups in total. The van der Waals surface area contributed by atoms with E-state index in [1.807, 2.05) is 0 Å². The van der Waals surface area contributed by atoms with Gasteiger partial charge in [0.15, 0.2) is 0 Å². The van der Waals surface area contributed by atoms with E-state index in [0.29, 0.717) is 0 Å². The second kappa shape index (κ2) is 60.4. The van der Waals surface area contributed by atoms with Crippen LogP contribution in [0.4, 0.5) is 0 Å². The third kappa shape index (κ3) is 5040. The van der Waals surface area contributed by atoms with E-state index in [2.05, 4.69) is 0 Å². The number of hydrogen-bond acceptors (Lipinski definition) is 12. The summed E-state index contributed by atoms with van der Waals surface area (Å²) in [5.41, 5.74) is 0. The van der Waals surface area contributed by atoms with Crippen LogP contribution < -0.4 is 172 Å². The third-order valence-electron chi connectivity index (χ3n) is 0. The summed E-state index contributed by atoms with van der Waals surface area (Å²) in [5, 5.41) is 0. The van der Waals surface area contributed by atoms with Crippen LogP contribution in [0, 0.1) is 0 Å². The molecule has 0 aromatic rings. The molecule has 0 unspecified atom stereocenters. The zero-order valence-electron chi connectivity index (χ0n) is 17.8. The van der Waals surface area contributed by atoms with Gasteiger partial charge in [0.05, 0.1) is 0 Å². The largest absolute Gasteiger partial charge is 1.00 e. The van der Waals surface area contributed by atoms with Gasteiger partial charge in [0.1, 0.15) is 0 Å². The molecule has 0 heterocycles. The summed E-state index contributed by atoms with van der Waals surface area (Å²) in [6, 6.07) is 0. The summed E-state index contributed by atoms with van der Waals surface area (Å²) in [5.74, 6) is 0.